The summed E-state index contributed by atoms with van der Waals surface area (Å²) in [5.74, 6) is -0.502. The lowest BCUT2D eigenvalue weighted by atomic mass is 10.1. The maximum absolute atomic E-state index is 14.3. The Balaban J connectivity index is 1.54. The minimum absolute atomic E-state index is 0.250. The van der Waals surface area contributed by atoms with Crippen LogP contribution in [0.15, 0.2) is 77.8 Å². The molecule has 3 aromatic carbocycles. The number of thiocarbonyl (C=S) groups is 1. The number of halogens is 3. The van der Waals surface area contributed by atoms with Gasteiger partial charge in [0, 0.05) is 33.2 Å². The number of carbonyl (C=O) groups is 1. The van der Waals surface area contributed by atoms with Gasteiger partial charge in [-0.2, -0.15) is 0 Å². The topological polar surface area (TPSA) is 25.2 Å². The van der Waals surface area contributed by atoms with Crippen molar-refractivity contribution in [2.75, 3.05) is 4.90 Å². The van der Waals surface area contributed by atoms with E-state index in [4.69, 9.17) is 35.4 Å². The molecule has 5 rings (SSSR count). The molecule has 0 spiro atoms. The smallest absolute Gasteiger partial charge is 0.270 e. The van der Waals surface area contributed by atoms with E-state index in [9.17, 15) is 9.18 Å². The summed E-state index contributed by atoms with van der Waals surface area (Å²) in [4.78, 5) is 15.1. The molecule has 164 valence electrons. The first-order valence-corrected chi connectivity index (χ1v) is 11.9. The maximum atomic E-state index is 14.3. The maximum Gasteiger partial charge on any atom is 0.270 e. The Hall–Kier alpha value is -2.64. The Morgan fingerprint density at radius 2 is 1.79 bits per heavy atom. The van der Waals surface area contributed by atoms with E-state index >= 15 is 0 Å². The van der Waals surface area contributed by atoms with Crippen molar-refractivity contribution in [1.29, 1.82) is 0 Å². The first-order chi connectivity index (χ1) is 15.9. The molecule has 0 aliphatic carbocycles. The number of anilines is 1. The molecule has 0 bridgehead atoms. The standard InChI is InChI=1S/C25H15Cl2FN2OS2/c26-17-9-10-22(19(27)12-17)30-24(31)23(33-25(30)32)11-16-14-29(21-8-4-2-6-18(16)21)13-15-5-1-3-7-20(15)28/h1-12,14H,13H2/b23-11+. The second-order valence-corrected chi connectivity index (χ2v) is 9.95. The summed E-state index contributed by atoms with van der Waals surface area (Å²) in [5, 5.41) is 1.79. The zero-order chi connectivity index (χ0) is 23.1. The van der Waals surface area contributed by atoms with Crippen LogP contribution in [-0.2, 0) is 11.3 Å². The summed E-state index contributed by atoms with van der Waals surface area (Å²) in [6.45, 7) is 0.377. The highest BCUT2D eigenvalue weighted by atomic mass is 35.5. The lowest BCUT2D eigenvalue weighted by Gasteiger charge is -2.16. The van der Waals surface area contributed by atoms with E-state index < -0.39 is 0 Å². The molecule has 33 heavy (non-hydrogen) atoms. The van der Waals surface area contributed by atoms with Gasteiger partial charge in [-0.15, -0.1) is 0 Å². The molecule has 1 aliphatic heterocycles. The molecule has 0 radical (unpaired) electrons. The molecule has 0 saturated carbocycles. The normalized spacial score (nSPS) is 15.2. The van der Waals surface area contributed by atoms with Gasteiger partial charge in [0.2, 0.25) is 0 Å². The van der Waals surface area contributed by atoms with Crippen LogP contribution in [0.4, 0.5) is 10.1 Å². The van der Waals surface area contributed by atoms with Crippen molar-refractivity contribution in [3.05, 3.63) is 105 Å². The SMILES string of the molecule is O=C1/C(=C\c2cn(Cc3ccccc3F)c3ccccc23)SC(=S)N1c1ccc(Cl)cc1Cl. The monoisotopic (exact) mass is 512 g/mol. The molecule has 4 aromatic rings. The van der Waals surface area contributed by atoms with Crippen LogP contribution < -0.4 is 4.90 Å². The van der Waals surface area contributed by atoms with Crippen LogP contribution in [-0.4, -0.2) is 14.8 Å². The number of carbonyl (C=O) groups excluding carboxylic acids is 1. The fraction of sp³-hybridized carbons (Fsp3) is 0.0400. The summed E-state index contributed by atoms with van der Waals surface area (Å²) >= 11 is 19.0. The molecule has 0 N–H and O–H groups in total. The predicted molar refractivity (Wildman–Crippen MR) is 140 cm³/mol. The number of amides is 1. The number of hydrogen-bond donors (Lipinski definition) is 0. The Bertz CT molecular complexity index is 1460. The van der Waals surface area contributed by atoms with Crippen molar-refractivity contribution >= 4 is 80.1 Å². The molecular weight excluding hydrogens is 498 g/mol. The Morgan fingerprint density at radius 3 is 2.58 bits per heavy atom. The molecule has 8 heteroatoms. The van der Waals surface area contributed by atoms with Gasteiger partial charge in [0.05, 0.1) is 22.2 Å². The number of aromatic nitrogens is 1. The van der Waals surface area contributed by atoms with Gasteiger partial charge >= 0.3 is 0 Å². The van der Waals surface area contributed by atoms with Crippen molar-refractivity contribution in [1.82, 2.24) is 4.57 Å². The second-order valence-electron chi connectivity index (χ2n) is 7.43. The molecule has 1 aromatic heterocycles. The number of benzene rings is 3. The van der Waals surface area contributed by atoms with Crippen LogP contribution in [0.3, 0.4) is 0 Å². The summed E-state index contributed by atoms with van der Waals surface area (Å²) in [5.41, 5.74) is 2.88. The quantitative estimate of drug-likeness (QED) is 0.208. The van der Waals surface area contributed by atoms with Gasteiger partial charge < -0.3 is 4.57 Å². The van der Waals surface area contributed by atoms with Gasteiger partial charge in [-0.05, 0) is 36.4 Å². The van der Waals surface area contributed by atoms with E-state index in [1.165, 1.54) is 22.7 Å². The lowest BCUT2D eigenvalue weighted by molar-refractivity contribution is -0.113. The number of para-hydroxylation sites is 1. The van der Waals surface area contributed by atoms with E-state index in [0.717, 1.165) is 16.5 Å². The summed E-state index contributed by atoms with van der Waals surface area (Å²) in [7, 11) is 0. The van der Waals surface area contributed by atoms with Crippen LogP contribution >= 0.6 is 47.2 Å². The third-order valence-electron chi connectivity index (χ3n) is 5.35. The van der Waals surface area contributed by atoms with Gasteiger partial charge in [0.15, 0.2) is 4.32 Å². The van der Waals surface area contributed by atoms with Crippen molar-refractivity contribution in [3.8, 4) is 0 Å². The fourth-order valence-corrected chi connectivity index (χ4v) is 5.58. The summed E-state index contributed by atoms with van der Waals surface area (Å²) in [6.07, 6.45) is 3.75. The van der Waals surface area contributed by atoms with Crippen molar-refractivity contribution in [2.24, 2.45) is 0 Å². The van der Waals surface area contributed by atoms with Crippen molar-refractivity contribution < 1.29 is 9.18 Å². The van der Waals surface area contributed by atoms with E-state index in [1.54, 1.807) is 30.3 Å². The van der Waals surface area contributed by atoms with Gasteiger partial charge in [-0.3, -0.25) is 9.69 Å². The molecule has 2 heterocycles. The molecule has 3 nitrogen and oxygen atoms in total. The van der Waals surface area contributed by atoms with Crippen molar-refractivity contribution in [3.63, 3.8) is 0 Å². The highest BCUT2D eigenvalue weighted by molar-refractivity contribution is 8.27. The first kappa shape index (κ1) is 22.2. The molecule has 1 fully saturated rings. The van der Waals surface area contributed by atoms with Crippen LogP contribution in [0.1, 0.15) is 11.1 Å². The van der Waals surface area contributed by atoms with Crippen LogP contribution in [0, 0.1) is 5.82 Å². The average Bonchev–Trinajstić information content (AvgIpc) is 3.27. The third-order valence-corrected chi connectivity index (χ3v) is 7.19. The highest BCUT2D eigenvalue weighted by Crippen LogP contribution is 2.40. The molecule has 1 amide bonds. The minimum atomic E-state index is -0.252. The summed E-state index contributed by atoms with van der Waals surface area (Å²) in [6, 6.07) is 19.5. The largest absolute Gasteiger partial charge is 0.342 e. The zero-order valence-electron chi connectivity index (χ0n) is 17.0. The molecule has 0 unspecified atom stereocenters. The average molecular weight is 513 g/mol. The van der Waals surface area contributed by atoms with Gasteiger partial charge in [-0.1, -0.05) is 83.6 Å². The van der Waals surface area contributed by atoms with E-state index in [1.807, 2.05) is 47.2 Å². The minimum Gasteiger partial charge on any atom is -0.342 e. The Labute approximate surface area is 209 Å². The second kappa shape index (κ2) is 8.95. The number of rotatable bonds is 4. The Morgan fingerprint density at radius 1 is 1.03 bits per heavy atom. The van der Waals surface area contributed by atoms with Gasteiger partial charge in [0.25, 0.3) is 5.91 Å². The predicted octanol–water partition coefficient (Wildman–Crippen LogP) is 7.54. The lowest BCUT2D eigenvalue weighted by Crippen LogP contribution is -2.27. The first-order valence-electron chi connectivity index (χ1n) is 9.96. The number of thioether (sulfide) groups is 1. The molecular formula is C25H15Cl2FN2OS2. The molecule has 1 saturated heterocycles. The molecule has 0 atom stereocenters. The van der Waals surface area contributed by atoms with Gasteiger partial charge in [-0.25, -0.2) is 4.39 Å². The number of hydrogen-bond acceptors (Lipinski definition) is 3. The highest BCUT2D eigenvalue weighted by Gasteiger charge is 2.34. The van der Waals surface area contributed by atoms with Crippen LogP contribution in [0.5, 0.6) is 0 Å². The van der Waals surface area contributed by atoms with Crippen LogP contribution in [0.25, 0.3) is 17.0 Å². The fourth-order valence-electron chi connectivity index (χ4n) is 3.81. The van der Waals surface area contributed by atoms with Gasteiger partial charge in [0.1, 0.15) is 5.82 Å². The Kier molecular flexibility index (Phi) is 6.01. The number of fused-ring (bicyclic) bond motifs is 1. The molecule has 1 aliphatic rings. The van der Waals surface area contributed by atoms with Crippen LogP contribution in [0.2, 0.25) is 10.0 Å². The zero-order valence-corrected chi connectivity index (χ0v) is 20.1. The van der Waals surface area contributed by atoms with E-state index in [0.29, 0.717) is 37.1 Å². The van der Waals surface area contributed by atoms with Crippen molar-refractivity contribution in [2.45, 2.75) is 6.54 Å². The van der Waals surface area contributed by atoms with E-state index in [2.05, 4.69) is 0 Å². The van der Waals surface area contributed by atoms with E-state index in [-0.39, 0.29) is 11.7 Å². The third kappa shape index (κ3) is 4.20. The number of nitrogens with zero attached hydrogens (tertiary/aromatic N) is 2. The summed E-state index contributed by atoms with van der Waals surface area (Å²) < 4.78 is 16.6.